The van der Waals surface area contributed by atoms with Crippen LogP contribution in [0, 0.1) is 11.7 Å². The van der Waals surface area contributed by atoms with Crippen molar-refractivity contribution in [2.45, 2.75) is 58.0 Å². The molecule has 5 rings (SSSR count). The first-order valence-corrected chi connectivity index (χ1v) is 12.6. The molecule has 8 heteroatoms. The molecule has 0 atom stereocenters. The minimum atomic E-state index is -0.246. The Labute approximate surface area is 200 Å². The third kappa shape index (κ3) is 4.82. The molecule has 4 heterocycles. The first-order valence-electron chi connectivity index (χ1n) is 12.6. The van der Waals surface area contributed by atoms with Gasteiger partial charge in [-0.1, -0.05) is 6.92 Å². The smallest absolute Gasteiger partial charge is 0.225 e. The zero-order valence-corrected chi connectivity index (χ0v) is 19.9. The number of hydrogen-bond acceptors (Lipinski definition) is 5. The van der Waals surface area contributed by atoms with Gasteiger partial charge in [0.15, 0.2) is 0 Å². The summed E-state index contributed by atoms with van der Waals surface area (Å²) in [5.41, 5.74) is 2.90. The Morgan fingerprint density at radius 1 is 1.06 bits per heavy atom. The second-order valence-electron chi connectivity index (χ2n) is 9.64. The Hall–Kier alpha value is -2.87. The number of rotatable bonds is 6. The number of carbonyl (C=O) groups is 1. The van der Waals surface area contributed by atoms with Gasteiger partial charge in [-0.3, -0.25) is 9.69 Å². The first kappa shape index (κ1) is 22.9. The highest BCUT2D eigenvalue weighted by Gasteiger charge is 2.32. The molecule has 180 valence electrons. The van der Waals surface area contributed by atoms with Crippen molar-refractivity contribution in [3.63, 3.8) is 0 Å². The largest absolute Gasteiger partial charge is 0.342 e. The molecule has 1 aromatic carbocycles. The van der Waals surface area contributed by atoms with Gasteiger partial charge in [0.2, 0.25) is 5.91 Å². The zero-order valence-electron chi connectivity index (χ0n) is 19.9. The highest BCUT2D eigenvalue weighted by molar-refractivity contribution is 5.79. The maximum atomic E-state index is 13.8. The van der Waals surface area contributed by atoms with Crippen molar-refractivity contribution in [3.8, 4) is 0 Å². The molecule has 2 fully saturated rings. The monoisotopic (exact) mass is 464 g/mol. The van der Waals surface area contributed by atoms with E-state index < -0.39 is 0 Å². The molecule has 7 nitrogen and oxygen atoms in total. The molecule has 2 aromatic heterocycles. The van der Waals surface area contributed by atoms with Gasteiger partial charge in [0.1, 0.15) is 11.6 Å². The summed E-state index contributed by atoms with van der Waals surface area (Å²) >= 11 is 0. The lowest BCUT2D eigenvalue weighted by Gasteiger charge is -2.38. The van der Waals surface area contributed by atoms with Crippen LogP contribution in [0.2, 0.25) is 0 Å². The number of imidazole rings is 1. The van der Waals surface area contributed by atoms with Crippen LogP contribution in [-0.4, -0.2) is 61.6 Å². The number of aromatic nitrogens is 4. The standard InChI is InChI=1S/C26H33FN6O/c1-2-3-25-30-23-16-21(27)4-5-24(23)33(25)22-9-14-32(15-10-22)26(34)20-7-12-31(13-8-20)18-19-6-11-28-29-17-19/h4-6,11,16-17,20,22H,2-3,7-10,12-15,18H2,1H3. The number of aryl methyl sites for hydroxylation is 1. The van der Waals surface area contributed by atoms with Gasteiger partial charge in [-0.2, -0.15) is 10.2 Å². The molecule has 2 aliphatic heterocycles. The Kier molecular flexibility index (Phi) is 6.85. The molecule has 0 bridgehead atoms. The van der Waals surface area contributed by atoms with Gasteiger partial charge in [0.25, 0.3) is 0 Å². The predicted molar refractivity (Wildman–Crippen MR) is 129 cm³/mol. The van der Waals surface area contributed by atoms with E-state index in [1.165, 1.54) is 17.7 Å². The summed E-state index contributed by atoms with van der Waals surface area (Å²) in [5.74, 6) is 1.22. The molecular formula is C26H33FN6O. The lowest BCUT2D eigenvalue weighted by atomic mass is 9.93. The van der Waals surface area contributed by atoms with Gasteiger partial charge in [-0.05, 0) is 69.0 Å². The van der Waals surface area contributed by atoms with E-state index in [9.17, 15) is 9.18 Å². The summed E-state index contributed by atoms with van der Waals surface area (Å²) in [6.07, 6.45) is 9.07. The van der Waals surface area contributed by atoms with Crippen LogP contribution >= 0.6 is 0 Å². The fourth-order valence-electron chi connectivity index (χ4n) is 5.54. The lowest BCUT2D eigenvalue weighted by Crippen LogP contribution is -2.45. The van der Waals surface area contributed by atoms with E-state index in [-0.39, 0.29) is 11.7 Å². The number of likely N-dealkylation sites (tertiary alicyclic amines) is 2. The van der Waals surface area contributed by atoms with E-state index in [2.05, 4.69) is 31.5 Å². The molecule has 0 N–H and O–H groups in total. The fourth-order valence-corrected chi connectivity index (χ4v) is 5.54. The third-order valence-electron chi connectivity index (χ3n) is 7.33. The third-order valence-corrected chi connectivity index (χ3v) is 7.33. The number of amides is 1. The van der Waals surface area contributed by atoms with Crippen LogP contribution in [-0.2, 0) is 17.8 Å². The Morgan fingerprint density at radius 2 is 1.85 bits per heavy atom. The maximum Gasteiger partial charge on any atom is 0.225 e. The Bertz CT molecular complexity index is 1120. The quantitative estimate of drug-likeness (QED) is 0.552. The average Bonchev–Trinajstić information content (AvgIpc) is 3.22. The number of hydrogen-bond donors (Lipinski definition) is 0. The molecule has 34 heavy (non-hydrogen) atoms. The number of piperidine rings is 2. The van der Waals surface area contributed by atoms with Crippen molar-refractivity contribution < 1.29 is 9.18 Å². The van der Waals surface area contributed by atoms with Crippen LogP contribution in [0.4, 0.5) is 4.39 Å². The van der Waals surface area contributed by atoms with Gasteiger partial charge in [-0.15, -0.1) is 0 Å². The number of nitrogens with zero attached hydrogens (tertiary/aromatic N) is 6. The summed E-state index contributed by atoms with van der Waals surface area (Å²) in [7, 11) is 0. The van der Waals surface area contributed by atoms with Crippen LogP contribution < -0.4 is 0 Å². The molecule has 0 spiro atoms. The van der Waals surface area contributed by atoms with Gasteiger partial charge in [-0.25, -0.2) is 9.37 Å². The highest BCUT2D eigenvalue weighted by Crippen LogP contribution is 2.31. The highest BCUT2D eigenvalue weighted by atomic mass is 19.1. The normalized spacial score (nSPS) is 18.6. The summed E-state index contributed by atoms with van der Waals surface area (Å²) in [6, 6.07) is 7.20. The van der Waals surface area contributed by atoms with E-state index in [0.717, 1.165) is 88.1 Å². The van der Waals surface area contributed by atoms with E-state index in [0.29, 0.717) is 11.9 Å². The molecule has 1 amide bonds. The summed E-state index contributed by atoms with van der Waals surface area (Å²) < 4.78 is 16.1. The zero-order chi connectivity index (χ0) is 23.5. The second-order valence-corrected chi connectivity index (χ2v) is 9.64. The molecule has 0 aliphatic carbocycles. The van der Waals surface area contributed by atoms with Crippen molar-refractivity contribution in [1.82, 2.24) is 29.5 Å². The SMILES string of the molecule is CCCc1nc2cc(F)ccc2n1C1CCN(C(=O)C2CCN(Cc3ccnnc3)CC2)CC1. The molecule has 2 saturated heterocycles. The van der Waals surface area contributed by atoms with E-state index in [1.807, 2.05) is 18.3 Å². The summed E-state index contributed by atoms with van der Waals surface area (Å²) in [4.78, 5) is 22.5. The van der Waals surface area contributed by atoms with E-state index >= 15 is 0 Å². The van der Waals surface area contributed by atoms with Crippen molar-refractivity contribution >= 4 is 16.9 Å². The predicted octanol–water partition coefficient (Wildman–Crippen LogP) is 3.99. The van der Waals surface area contributed by atoms with E-state index in [4.69, 9.17) is 4.98 Å². The number of halogens is 1. The second kappa shape index (κ2) is 10.2. The number of benzene rings is 1. The van der Waals surface area contributed by atoms with Crippen LogP contribution in [0.3, 0.4) is 0 Å². The minimum absolute atomic E-state index is 0.121. The summed E-state index contributed by atoms with van der Waals surface area (Å²) in [5, 5.41) is 7.80. The molecule has 0 radical (unpaired) electrons. The Balaban J connectivity index is 1.18. The van der Waals surface area contributed by atoms with Crippen LogP contribution in [0.25, 0.3) is 11.0 Å². The van der Waals surface area contributed by atoms with Crippen molar-refractivity contribution in [1.29, 1.82) is 0 Å². The fraction of sp³-hybridized carbons (Fsp3) is 0.538. The average molecular weight is 465 g/mol. The van der Waals surface area contributed by atoms with E-state index in [1.54, 1.807) is 6.20 Å². The summed E-state index contributed by atoms with van der Waals surface area (Å²) in [6.45, 7) is 6.44. The molecule has 2 aliphatic rings. The van der Waals surface area contributed by atoms with Crippen LogP contribution in [0.1, 0.15) is 56.5 Å². The van der Waals surface area contributed by atoms with Gasteiger partial charge >= 0.3 is 0 Å². The number of carbonyl (C=O) groups excluding carboxylic acids is 1. The topological polar surface area (TPSA) is 67.2 Å². The van der Waals surface area contributed by atoms with Crippen molar-refractivity contribution in [2.24, 2.45) is 5.92 Å². The lowest BCUT2D eigenvalue weighted by molar-refractivity contribution is -0.138. The molecular weight excluding hydrogens is 431 g/mol. The first-order chi connectivity index (χ1) is 16.6. The van der Waals surface area contributed by atoms with Crippen molar-refractivity contribution in [2.75, 3.05) is 26.2 Å². The van der Waals surface area contributed by atoms with Crippen LogP contribution in [0.5, 0.6) is 0 Å². The maximum absolute atomic E-state index is 13.8. The van der Waals surface area contributed by atoms with Crippen molar-refractivity contribution in [3.05, 3.63) is 53.9 Å². The van der Waals surface area contributed by atoms with Crippen LogP contribution in [0.15, 0.2) is 36.7 Å². The molecule has 0 saturated carbocycles. The Morgan fingerprint density at radius 3 is 2.56 bits per heavy atom. The van der Waals surface area contributed by atoms with Gasteiger partial charge in [0, 0.05) is 50.3 Å². The minimum Gasteiger partial charge on any atom is -0.342 e. The van der Waals surface area contributed by atoms with Gasteiger partial charge in [0.05, 0.1) is 17.2 Å². The number of fused-ring (bicyclic) bond motifs is 1. The molecule has 0 unspecified atom stereocenters. The van der Waals surface area contributed by atoms with Gasteiger partial charge < -0.3 is 9.47 Å². The molecule has 3 aromatic rings.